The first-order chi connectivity index (χ1) is 15.3. The number of hydrogen-bond donors (Lipinski definition) is 1. The van der Waals surface area contributed by atoms with Gasteiger partial charge in [0.1, 0.15) is 24.0 Å². The number of rotatable bonds is 8. The largest absolute Gasteiger partial charge is 0.492 e. The van der Waals surface area contributed by atoms with Crippen LogP contribution in [0.3, 0.4) is 0 Å². The SMILES string of the molecule is O=c1c2ccc(OCCN(CCC(F)(F)F)CCC(F)(F)F)cc2[nH]c2cc(F)cc(F)c12. The van der Waals surface area contributed by atoms with Crippen LogP contribution >= 0.6 is 0 Å². The minimum absolute atomic E-state index is 0.0763. The topological polar surface area (TPSA) is 45.3 Å². The van der Waals surface area contributed by atoms with Crippen molar-refractivity contribution >= 4 is 21.8 Å². The van der Waals surface area contributed by atoms with Crippen molar-refractivity contribution < 1.29 is 39.9 Å². The Kier molecular flexibility index (Phi) is 7.15. The van der Waals surface area contributed by atoms with E-state index in [2.05, 4.69) is 4.98 Å². The van der Waals surface area contributed by atoms with Crippen molar-refractivity contribution in [3.63, 3.8) is 0 Å². The molecule has 12 heteroatoms. The standard InChI is InChI=1S/C21H18F8N2O2/c22-12-9-15(23)18-17(10-12)30-16-11-13(1-2-14(16)19(18)32)33-8-7-31(5-3-20(24,25)26)6-4-21(27,28)29/h1-2,9-11H,3-8H2,(H,30,32). The predicted molar refractivity (Wildman–Crippen MR) is 105 cm³/mol. The molecule has 0 radical (unpaired) electrons. The zero-order valence-corrected chi connectivity index (χ0v) is 16.9. The zero-order chi connectivity index (χ0) is 24.4. The van der Waals surface area contributed by atoms with Gasteiger partial charge in [-0.1, -0.05) is 0 Å². The number of alkyl halides is 6. The number of fused-ring (bicyclic) bond motifs is 2. The Labute approximate surface area is 181 Å². The first-order valence-electron chi connectivity index (χ1n) is 9.76. The van der Waals surface area contributed by atoms with Gasteiger partial charge < -0.3 is 9.72 Å². The monoisotopic (exact) mass is 482 g/mol. The summed E-state index contributed by atoms with van der Waals surface area (Å²) in [7, 11) is 0. The molecule has 0 saturated heterocycles. The average Bonchev–Trinajstić information content (AvgIpc) is 2.67. The summed E-state index contributed by atoms with van der Waals surface area (Å²) in [4.78, 5) is 16.3. The molecule has 1 N–H and O–H groups in total. The average molecular weight is 482 g/mol. The van der Waals surface area contributed by atoms with Crippen LogP contribution < -0.4 is 10.2 Å². The Bertz CT molecular complexity index is 1170. The minimum Gasteiger partial charge on any atom is -0.492 e. The summed E-state index contributed by atoms with van der Waals surface area (Å²) in [6.07, 6.45) is -11.5. The summed E-state index contributed by atoms with van der Waals surface area (Å²) in [5.41, 5.74) is -0.554. The molecule has 0 saturated carbocycles. The van der Waals surface area contributed by atoms with Crippen LogP contribution in [0.1, 0.15) is 12.8 Å². The molecule has 3 aromatic rings. The molecule has 180 valence electrons. The molecule has 0 spiro atoms. The second kappa shape index (κ2) is 9.54. The van der Waals surface area contributed by atoms with E-state index in [9.17, 15) is 39.9 Å². The number of halogens is 8. The number of H-pyrrole nitrogens is 1. The molecule has 0 unspecified atom stereocenters. The Morgan fingerprint density at radius 3 is 2.09 bits per heavy atom. The van der Waals surface area contributed by atoms with Crippen LogP contribution in [0.2, 0.25) is 0 Å². The zero-order valence-electron chi connectivity index (χ0n) is 16.9. The Balaban J connectivity index is 1.73. The maximum Gasteiger partial charge on any atom is 0.390 e. The highest BCUT2D eigenvalue weighted by Crippen LogP contribution is 2.24. The van der Waals surface area contributed by atoms with Crippen LogP contribution in [0.5, 0.6) is 5.75 Å². The number of aromatic amines is 1. The Morgan fingerprint density at radius 2 is 1.48 bits per heavy atom. The molecule has 33 heavy (non-hydrogen) atoms. The van der Waals surface area contributed by atoms with Crippen LogP contribution in [0.15, 0.2) is 35.1 Å². The molecule has 0 amide bonds. The summed E-state index contributed by atoms with van der Waals surface area (Å²) in [6.45, 7) is -1.65. The maximum atomic E-state index is 14.0. The Hall–Kier alpha value is -2.89. The third-order valence-electron chi connectivity index (χ3n) is 4.89. The maximum absolute atomic E-state index is 14.0. The summed E-state index contributed by atoms with van der Waals surface area (Å²) in [5, 5.41) is -0.222. The van der Waals surface area contributed by atoms with Gasteiger partial charge >= 0.3 is 12.4 Å². The lowest BCUT2D eigenvalue weighted by atomic mass is 10.1. The summed E-state index contributed by atoms with van der Waals surface area (Å²) >= 11 is 0. The number of aromatic nitrogens is 1. The van der Waals surface area contributed by atoms with Crippen molar-refractivity contribution in [2.24, 2.45) is 0 Å². The predicted octanol–water partition coefficient (Wildman–Crippen LogP) is 5.55. The molecule has 4 nitrogen and oxygen atoms in total. The van der Waals surface area contributed by atoms with Crippen molar-refractivity contribution in [3.8, 4) is 5.75 Å². The van der Waals surface area contributed by atoms with E-state index in [1.165, 1.54) is 18.2 Å². The van der Waals surface area contributed by atoms with Crippen molar-refractivity contribution in [3.05, 3.63) is 52.2 Å². The second-order valence-corrected chi connectivity index (χ2v) is 7.39. The van der Waals surface area contributed by atoms with Gasteiger partial charge in [0.15, 0.2) is 5.43 Å². The molecule has 0 bridgehead atoms. The number of pyridine rings is 1. The van der Waals surface area contributed by atoms with E-state index >= 15 is 0 Å². The highest BCUT2D eigenvalue weighted by molar-refractivity contribution is 5.93. The molecule has 0 aliphatic carbocycles. The van der Waals surface area contributed by atoms with E-state index in [4.69, 9.17) is 4.74 Å². The molecular formula is C21H18F8N2O2. The number of benzene rings is 2. The highest BCUT2D eigenvalue weighted by Gasteiger charge is 2.30. The molecule has 3 rings (SSSR count). The lowest BCUT2D eigenvalue weighted by Gasteiger charge is -2.23. The number of ether oxygens (including phenoxy) is 1. The highest BCUT2D eigenvalue weighted by atomic mass is 19.4. The van der Waals surface area contributed by atoms with Crippen molar-refractivity contribution in [2.75, 3.05) is 26.2 Å². The van der Waals surface area contributed by atoms with Crippen LogP contribution in [-0.4, -0.2) is 48.5 Å². The second-order valence-electron chi connectivity index (χ2n) is 7.39. The molecule has 0 atom stereocenters. The van der Waals surface area contributed by atoms with Gasteiger partial charge in [-0.05, 0) is 18.2 Å². The summed E-state index contributed by atoms with van der Waals surface area (Å²) in [6, 6.07) is 5.59. The van der Waals surface area contributed by atoms with E-state index in [1.807, 2.05) is 0 Å². The smallest absolute Gasteiger partial charge is 0.390 e. The molecule has 0 fully saturated rings. The first-order valence-corrected chi connectivity index (χ1v) is 9.76. The van der Waals surface area contributed by atoms with Crippen LogP contribution in [0.25, 0.3) is 21.8 Å². The first kappa shape index (κ1) is 24.7. The van der Waals surface area contributed by atoms with Crippen LogP contribution in [-0.2, 0) is 0 Å². The number of hydrogen-bond acceptors (Lipinski definition) is 3. The molecule has 1 aromatic heterocycles. The van der Waals surface area contributed by atoms with Gasteiger partial charge in [0.25, 0.3) is 0 Å². The summed E-state index contributed by atoms with van der Waals surface area (Å²) < 4.78 is 108. The van der Waals surface area contributed by atoms with Crippen LogP contribution in [0.4, 0.5) is 35.1 Å². The van der Waals surface area contributed by atoms with Crippen molar-refractivity contribution in [2.45, 2.75) is 25.2 Å². The number of nitrogens with zero attached hydrogens (tertiary/aromatic N) is 1. The van der Waals surface area contributed by atoms with Gasteiger partial charge in [-0.25, -0.2) is 8.78 Å². The van der Waals surface area contributed by atoms with Gasteiger partial charge in [0.2, 0.25) is 0 Å². The lowest BCUT2D eigenvalue weighted by molar-refractivity contribution is -0.146. The molecule has 1 heterocycles. The van der Waals surface area contributed by atoms with E-state index in [1.54, 1.807) is 0 Å². The van der Waals surface area contributed by atoms with Gasteiger partial charge in [0.05, 0.1) is 29.3 Å². The molecule has 2 aromatic carbocycles. The fraction of sp³-hybridized carbons (Fsp3) is 0.381. The molecule has 0 aliphatic heterocycles. The van der Waals surface area contributed by atoms with Crippen molar-refractivity contribution in [1.82, 2.24) is 9.88 Å². The number of nitrogens with one attached hydrogen (secondary N) is 1. The normalized spacial score (nSPS) is 12.8. The van der Waals surface area contributed by atoms with Gasteiger partial charge in [-0.3, -0.25) is 9.69 Å². The molecule has 0 aliphatic rings. The van der Waals surface area contributed by atoms with E-state index < -0.39 is 55.3 Å². The van der Waals surface area contributed by atoms with Crippen molar-refractivity contribution in [1.29, 1.82) is 0 Å². The third-order valence-corrected chi connectivity index (χ3v) is 4.89. The van der Waals surface area contributed by atoms with E-state index in [0.29, 0.717) is 6.07 Å². The summed E-state index contributed by atoms with van der Waals surface area (Å²) in [5.74, 6) is -1.74. The molecular weight excluding hydrogens is 464 g/mol. The van der Waals surface area contributed by atoms with E-state index in [-0.39, 0.29) is 40.7 Å². The Morgan fingerprint density at radius 1 is 0.848 bits per heavy atom. The third kappa shape index (κ3) is 6.80. The quantitative estimate of drug-likeness (QED) is 0.339. The van der Waals surface area contributed by atoms with Gasteiger partial charge in [-0.2, -0.15) is 26.3 Å². The van der Waals surface area contributed by atoms with E-state index in [0.717, 1.165) is 11.0 Å². The van der Waals surface area contributed by atoms with Gasteiger partial charge in [0, 0.05) is 37.2 Å². The van der Waals surface area contributed by atoms with Gasteiger partial charge in [-0.15, -0.1) is 0 Å². The fourth-order valence-corrected chi connectivity index (χ4v) is 3.30. The van der Waals surface area contributed by atoms with Crippen LogP contribution in [0, 0.1) is 11.6 Å². The lowest BCUT2D eigenvalue weighted by Crippen LogP contribution is -2.34. The fourth-order valence-electron chi connectivity index (χ4n) is 3.30. The minimum atomic E-state index is -4.51.